The second-order valence-electron chi connectivity index (χ2n) is 7.96. The smallest absolute Gasteiger partial charge is 0.414 e. The van der Waals surface area contributed by atoms with Gasteiger partial charge < -0.3 is 9.47 Å². The molecular formula is C20H23N3O4. The minimum atomic E-state index is -0.478. The minimum Gasteiger partial charge on any atom is -0.447 e. The Morgan fingerprint density at radius 3 is 2.48 bits per heavy atom. The molecule has 1 amide bonds. The summed E-state index contributed by atoms with van der Waals surface area (Å²) in [5, 5.41) is 4.50. The predicted molar refractivity (Wildman–Crippen MR) is 99.3 cm³/mol. The number of amides is 1. The molecule has 1 aromatic heterocycles. The highest BCUT2D eigenvalue weighted by atomic mass is 16.6. The van der Waals surface area contributed by atoms with E-state index in [1.54, 1.807) is 29.2 Å². The highest BCUT2D eigenvalue weighted by Crippen LogP contribution is 2.41. The zero-order valence-corrected chi connectivity index (χ0v) is 15.8. The van der Waals surface area contributed by atoms with Gasteiger partial charge in [-0.1, -0.05) is 0 Å². The van der Waals surface area contributed by atoms with Crippen LogP contribution in [0.3, 0.4) is 0 Å². The van der Waals surface area contributed by atoms with E-state index >= 15 is 0 Å². The lowest BCUT2D eigenvalue weighted by Gasteiger charge is -2.22. The summed E-state index contributed by atoms with van der Waals surface area (Å²) in [6.45, 7) is 7.12. The predicted octanol–water partition coefficient (Wildman–Crippen LogP) is 3.69. The molecule has 142 valence electrons. The normalized spacial score (nSPS) is 17.1. The third-order valence-corrected chi connectivity index (χ3v) is 4.70. The molecule has 0 bridgehead atoms. The fourth-order valence-electron chi connectivity index (χ4n) is 3.18. The van der Waals surface area contributed by atoms with Crippen molar-refractivity contribution in [1.82, 2.24) is 9.78 Å². The fraction of sp³-hybridized carbons (Fsp3) is 0.450. The van der Waals surface area contributed by atoms with Gasteiger partial charge in [-0.15, -0.1) is 0 Å². The summed E-state index contributed by atoms with van der Waals surface area (Å²) in [6.07, 6.45) is 1.91. The molecule has 7 nitrogen and oxygen atoms in total. The first-order chi connectivity index (χ1) is 12.8. The quantitative estimate of drug-likeness (QED) is 0.607. The maximum absolute atomic E-state index is 12.6. The summed E-state index contributed by atoms with van der Waals surface area (Å²) < 4.78 is 12.3. The first-order valence-electron chi connectivity index (χ1n) is 9.20. The Balaban J connectivity index is 1.50. The zero-order chi connectivity index (χ0) is 19.2. The Morgan fingerprint density at radius 2 is 1.93 bits per heavy atom. The molecule has 2 aromatic rings. The van der Waals surface area contributed by atoms with Gasteiger partial charge in [-0.25, -0.2) is 9.59 Å². The molecule has 0 unspecified atom stereocenters. The van der Waals surface area contributed by atoms with Gasteiger partial charge in [0.25, 0.3) is 0 Å². The van der Waals surface area contributed by atoms with Crippen LogP contribution in [-0.2, 0) is 10.3 Å². The lowest BCUT2D eigenvalue weighted by molar-refractivity contribution is 0.0726. The van der Waals surface area contributed by atoms with E-state index in [0.717, 1.165) is 18.5 Å². The maximum atomic E-state index is 12.6. The van der Waals surface area contributed by atoms with E-state index in [0.29, 0.717) is 36.2 Å². The summed E-state index contributed by atoms with van der Waals surface area (Å²) in [5.74, 6) is 0.417. The van der Waals surface area contributed by atoms with Gasteiger partial charge in [-0.2, -0.15) is 5.10 Å². The van der Waals surface area contributed by atoms with Crippen LogP contribution in [0, 0.1) is 0 Å². The number of carbonyl (C=O) groups is 2. The molecule has 1 aliphatic heterocycles. The molecule has 7 heteroatoms. The van der Waals surface area contributed by atoms with E-state index in [2.05, 4.69) is 25.9 Å². The van der Waals surface area contributed by atoms with Gasteiger partial charge in [0.05, 0.1) is 12.1 Å². The van der Waals surface area contributed by atoms with Crippen molar-refractivity contribution in [3.63, 3.8) is 0 Å². The van der Waals surface area contributed by atoms with Crippen molar-refractivity contribution in [1.29, 1.82) is 0 Å². The Labute approximate surface area is 157 Å². The molecule has 0 atom stereocenters. The topological polar surface area (TPSA) is 73.7 Å². The standard InChI is InChI=1S/C20H23N3O4/c1-20(2,3)23-17(13-4-5-13)12-16(21-23)18(24)27-15-8-6-14(7-9-15)22-10-11-26-19(22)25/h6-9,12-13H,4-5,10-11H2,1-3H3. The number of nitrogens with zero attached hydrogens (tertiary/aromatic N) is 3. The number of anilines is 1. The molecule has 0 spiro atoms. The number of carbonyl (C=O) groups excluding carboxylic acids is 2. The summed E-state index contributed by atoms with van der Waals surface area (Å²) in [7, 11) is 0. The molecule has 4 rings (SSSR count). The van der Waals surface area contributed by atoms with Crippen LogP contribution in [0.15, 0.2) is 30.3 Å². The van der Waals surface area contributed by atoms with Gasteiger partial charge in [-0.05, 0) is 63.9 Å². The monoisotopic (exact) mass is 369 g/mol. The van der Waals surface area contributed by atoms with Gasteiger partial charge in [0.1, 0.15) is 12.4 Å². The SMILES string of the molecule is CC(C)(C)n1nc(C(=O)Oc2ccc(N3CCOC3=O)cc2)cc1C1CC1. The van der Waals surface area contributed by atoms with E-state index in [-0.39, 0.29) is 11.6 Å². The van der Waals surface area contributed by atoms with E-state index in [1.165, 1.54) is 0 Å². The molecule has 1 aliphatic carbocycles. The lowest BCUT2D eigenvalue weighted by Crippen LogP contribution is -2.25. The fourth-order valence-corrected chi connectivity index (χ4v) is 3.18. The number of hydrogen-bond acceptors (Lipinski definition) is 5. The van der Waals surface area contributed by atoms with Crippen LogP contribution < -0.4 is 9.64 Å². The first kappa shape index (κ1) is 17.6. The van der Waals surface area contributed by atoms with Crippen molar-refractivity contribution in [3.05, 3.63) is 41.7 Å². The second kappa shape index (κ2) is 6.40. The summed E-state index contributed by atoms with van der Waals surface area (Å²) in [6, 6.07) is 8.65. The van der Waals surface area contributed by atoms with Gasteiger partial charge in [0.2, 0.25) is 0 Å². The molecule has 1 saturated carbocycles. The summed E-state index contributed by atoms with van der Waals surface area (Å²) in [5.41, 5.74) is 1.93. The van der Waals surface area contributed by atoms with Crippen LogP contribution in [0.25, 0.3) is 0 Å². The van der Waals surface area contributed by atoms with Crippen molar-refractivity contribution in [3.8, 4) is 5.75 Å². The number of benzene rings is 1. The van der Waals surface area contributed by atoms with Crippen molar-refractivity contribution < 1.29 is 19.1 Å². The lowest BCUT2D eigenvalue weighted by atomic mass is 10.1. The van der Waals surface area contributed by atoms with Gasteiger partial charge in [0.15, 0.2) is 5.69 Å². The third kappa shape index (κ3) is 3.54. The van der Waals surface area contributed by atoms with Crippen LogP contribution in [0.1, 0.15) is 55.7 Å². The number of esters is 1. The molecule has 2 fully saturated rings. The van der Waals surface area contributed by atoms with Crippen LogP contribution in [0.2, 0.25) is 0 Å². The van der Waals surface area contributed by atoms with Crippen LogP contribution in [0.4, 0.5) is 10.5 Å². The Hall–Kier alpha value is -2.83. The van der Waals surface area contributed by atoms with Crippen LogP contribution in [-0.4, -0.2) is 35.0 Å². The van der Waals surface area contributed by atoms with Crippen LogP contribution in [0.5, 0.6) is 5.75 Å². The summed E-state index contributed by atoms with van der Waals surface area (Å²) >= 11 is 0. The number of ether oxygens (including phenoxy) is 2. The van der Waals surface area contributed by atoms with Crippen LogP contribution >= 0.6 is 0 Å². The average molecular weight is 369 g/mol. The van der Waals surface area contributed by atoms with E-state index in [4.69, 9.17) is 9.47 Å². The first-order valence-corrected chi connectivity index (χ1v) is 9.20. The highest BCUT2D eigenvalue weighted by Gasteiger charge is 2.33. The minimum absolute atomic E-state index is 0.192. The maximum Gasteiger partial charge on any atom is 0.414 e. The van der Waals surface area contributed by atoms with Gasteiger partial charge in [-0.3, -0.25) is 9.58 Å². The average Bonchev–Trinajstić information content (AvgIpc) is 3.20. The largest absolute Gasteiger partial charge is 0.447 e. The van der Waals surface area contributed by atoms with Crippen molar-refractivity contribution in [2.75, 3.05) is 18.1 Å². The molecule has 2 heterocycles. The van der Waals surface area contributed by atoms with Crippen molar-refractivity contribution in [2.45, 2.75) is 45.1 Å². The van der Waals surface area contributed by atoms with Crippen molar-refractivity contribution in [2.24, 2.45) is 0 Å². The molecule has 1 saturated heterocycles. The van der Waals surface area contributed by atoms with E-state index in [1.807, 2.05) is 10.7 Å². The molecule has 27 heavy (non-hydrogen) atoms. The Bertz CT molecular complexity index is 876. The second-order valence-corrected chi connectivity index (χ2v) is 7.96. The van der Waals surface area contributed by atoms with E-state index < -0.39 is 5.97 Å². The Kier molecular flexibility index (Phi) is 4.17. The zero-order valence-electron chi connectivity index (χ0n) is 15.8. The number of rotatable bonds is 4. The Morgan fingerprint density at radius 1 is 1.22 bits per heavy atom. The highest BCUT2D eigenvalue weighted by molar-refractivity contribution is 5.90. The molecule has 2 aliphatic rings. The number of hydrogen-bond donors (Lipinski definition) is 0. The van der Waals surface area contributed by atoms with Gasteiger partial charge in [0, 0.05) is 17.3 Å². The van der Waals surface area contributed by atoms with Gasteiger partial charge >= 0.3 is 12.1 Å². The number of cyclic esters (lactones) is 1. The molecule has 0 radical (unpaired) electrons. The third-order valence-electron chi connectivity index (χ3n) is 4.70. The summed E-state index contributed by atoms with van der Waals surface area (Å²) in [4.78, 5) is 25.7. The van der Waals surface area contributed by atoms with E-state index in [9.17, 15) is 9.59 Å². The number of aromatic nitrogens is 2. The molecular weight excluding hydrogens is 346 g/mol. The molecule has 1 aromatic carbocycles. The molecule has 0 N–H and O–H groups in total. The van der Waals surface area contributed by atoms with Crippen molar-refractivity contribution >= 4 is 17.7 Å².